The molecule has 2 aliphatic rings. The molecule has 2 aromatic rings. The summed E-state index contributed by atoms with van der Waals surface area (Å²) in [6.07, 6.45) is 5.67. The quantitative estimate of drug-likeness (QED) is 0.912. The molecule has 1 aliphatic carbocycles. The van der Waals surface area contributed by atoms with Gasteiger partial charge in [0.05, 0.1) is 12.8 Å². The molecule has 3 heterocycles. The van der Waals surface area contributed by atoms with Gasteiger partial charge in [0.15, 0.2) is 0 Å². The van der Waals surface area contributed by atoms with Crippen molar-refractivity contribution in [1.82, 2.24) is 10.2 Å². The van der Waals surface area contributed by atoms with Crippen LogP contribution in [0.3, 0.4) is 0 Å². The van der Waals surface area contributed by atoms with Gasteiger partial charge in [-0.05, 0) is 49.3 Å². The third-order valence-electron chi connectivity index (χ3n) is 4.75. The number of thiophene rings is 1. The molecule has 1 saturated carbocycles. The van der Waals surface area contributed by atoms with Gasteiger partial charge in [-0.15, -0.1) is 11.3 Å². The third-order valence-corrected chi connectivity index (χ3v) is 5.74. The van der Waals surface area contributed by atoms with Crippen molar-refractivity contribution in [1.29, 1.82) is 0 Å². The van der Waals surface area contributed by atoms with Crippen molar-refractivity contribution in [2.75, 3.05) is 6.54 Å². The zero-order valence-electron chi connectivity index (χ0n) is 12.5. The van der Waals surface area contributed by atoms with Crippen LogP contribution >= 0.6 is 11.3 Å². The fourth-order valence-corrected chi connectivity index (χ4v) is 4.13. The van der Waals surface area contributed by atoms with E-state index in [1.165, 1.54) is 30.4 Å². The summed E-state index contributed by atoms with van der Waals surface area (Å²) in [5, 5.41) is 5.81. The van der Waals surface area contributed by atoms with Crippen LogP contribution in [-0.2, 0) is 19.5 Å². The molecule has 1 fully saturated rings. The number of fused-ring (bicyclic) bond motifs is 1. The number of hydrogen-bond donors (Lipinski definition) is 1. The summed E-state index contributed by atoms with van der Waals surface area (Å²) in [7, 11) is 0. The predicted molar refractivity (Wildman–Crippen MR) is 85.4 cm³/mol. The molecule has 4 heteroatoms. The molecule has 1 aliphatic heterocycles. The molecule has 0 bridgehead atoms. The molecule has 1 N–H and O–H groups in total. The molecular formula is C17H22N2OS. The second-order valence-electron chi connectivity index (χ2n) is 6.22. The van der Waals surface area contributed by atoms with Crippen LogP contribution in [0.2, 0.25) is 0 Å². The normalized spacial score (nSPS) is 22.4. The fourth-order valence-electron chi connectivity index (χ4n) is 3.17. The highest BCUT2D eigenvalue weighted by Crippen LogP contribution is 2.34. The van der Waals surface area contributed by atoms with Gasteiger partial charge < -0.3 is 9.73 Å². The summed E-state index contributed by atoms with van der Waals surface area (Å²) < 4.78 is 5.76. The number of nitrogens with one attached hydrogen (secondary N) is 1. The molecule has 0 amide bonds. The summed E-state index contributed by atoms with van der Waals surface area (Å²) in [4.78, 5) is 4.10. The maximum Gasteiger partial charge on any atom is 0.122 e. The summed E-state index contributed by atoms with van der Waals surface area (Å²) >= 11 is 1.90. The van der Waals surface area contributed by atoms with Crippen molar-refractivity contribution < 1.29 is 4.42 Å². The van der Waals surface area contributed by atoms with Gasteiger partial charge in [0.25, 0.3) is 0 Å². The highest BCUT2D eigenvalue weighted by Gasteiger charge is 2.26. The van der Waals surface area contributed by atoms with Crippen LogP contribution in [0, 0.1) is 0 Å². The van der Waals surface area contributed by atoms with Crippen LogP contribution < -0.4 is 5.32 Å². The Bertz CT molecular complexity index is 614. The van der Waals surface area contributed by atoms with Gasteiger partial charge in [0, 0.05) is 35.6 Å². The van der Waals surface area contributed by atoms with Crippen LogP contribution in [0.4, 0.5) is 0 Å². The van der Waals surface area contributed by atoms with E-state index in [1.54, 1.807) is 4.88 Å². The largest absolute Gasteiger partial charge is 0.468 e. The average molecular weight is 302 g/mol. The van der Waals surface area contributed by atoms with Gasteiger partial charge in [-0.1, -0.05) is 0 Å². The summed E-state index contributed by atoms with van der Waals surface area (Å²) in [5.41, 5.74) is 2.83. The number of furan rings is 1. The lowest BCUT2D eigenvalue weighted by Gasteiger charge is -2.33. The minimum atomic E-state index is 0.495. The van der Waals surface area contributed by atoms with Crippen LogP contribution in [0.25, 0.3) is 0 Å². The molecule has 0 radical (unpaired) electrons. The maximum atomic E-state index is 5.76. The van der Waals surface area contributed by atoms with E-state index >= 15 is 0 Å². The van der Waals surface area contributed by atoms with E-state index in [-0.39, 0.29) is 0 Å². The molecule has 0 saturated heterocycles. The first kappa shape index (κ1) is 13.6. The van der Waals surface area contributed by atoms with Crippen LogP contribution in [0.15, 0.2) is 28.2 Å². The summed E-state index contributed by atoms with van der Waals surface area (Å²) in [6.45, 7) is 5.31. The van der Waals surface area contributed by atoms with Crippen LogP contribution in [-0.4, -0.2) is 17.5 Å². The molecule has 4 rings (SSSR count). The van der Waals surface area contributed by atoms with Gasteiger partial charge in [-0.25, -0.2) is 0 Å². The molecule has 2 aromatic heterocycles. The molecule has 21 heavy (non-hydrogen) atoms. The molecule has 1 unspecified atom stereocenters. The first-order valence-electron chi connectivity index (χ1n) is 7.90. The highest BCUT2D eigenvalue weighted by atomic mass is 32.1. The van der Waals surface area contributed by atoms with Gasteiger partial charge in [0.1, 0.15) is 5.76 Å². The van der Waals surface area contributed by atoms with Gasteiger partial charge >= 0.3 is 0 Å². The zero-order valence-corrected chi connectivity index (χ0v) is 13.3. The minimum Gasteiger partial charge on any atom is -0.468 e. The molecule has 1 atom stereocenters. The molecule has 112 valence electrons. The maximum absolute atomic E-state index is 5.76. The Morgan fingerprint density at radius 2 is 2.29 bits per heavy atom. The van der Waals surface area contributed by atoms with Crippen molar-refractivity contribution in [3.8, 4) is 0 Å². The van der Waals surface area contributed by atoms with E-state index in [0.717, 1.165) is 31.4 Å². The van der Waals surface area contributed by atoms with E-state index < -0.39 is 0 Å². The minimum absolute atomic E-state index is 0.495. The van der Waals surface area contributed by atoms with Crippen molar-refractivity contribution in [3.63, 3.8) is 0 Å². The monoisotopic (exact) mass is 302 g/mol. The first-order valence-corrected chi connectivity index (χ1v) is 8.78. The SMILES string of the molecule is CC1c2ccsc2CCN1Cc1occc1CNC1CC1. The van der Waals surface area contributed by atoms with E-state index in [4.69, 9.17) is 4.42 Å². The molecular weight excluding hydrogens is 280 g/mol. The lowest BCUT2D eigenvalue weighted by atomic mass is 10.0. The van der Waals surface area contributed by atoms with Gasteiger partial charge in [-0.3, -0.25) is 4.90 Å². The summed E-state index contributed by atoms with van der Waals surface area (Å²) in [5.74, 6) is 1.13. The predicted octanol–water partition coefficient (Wildman–Crippen LogP) is 3.71. The second-order valence-corrected chi connectivity index (χ2v) is 7.22. The summed E-state index contributed by atoms with van der Waals surface area (Å²) in [6, 6.07) is 5.65. The van der Waals surface area contributed by atoms with Crippen molar-refractivity contribution in [2.45, 2.75) is 51.4 Å². The molecule has 0 spiro atoms. The van der Waals surface area contributed by atoms with E-state index in [9.17, 15) is 0 Å². The van der Waals surface area contributed by atoms with Gasteiger partial charge in [-0.2, -0.15) is 0 Å². The lowest BCUT2D eigenvalue weighted by molar-refractivity contribution is 0.176. The van der Waals surface area contributed by atoms with Gasteiger partial charge in [0.2, 0.25) is 0 Å². The Kier molecular flexibility index (Phi) is 3.61. The smallest absolute Gasteiger partial charge is 0.122 e. The van der Waals surface area contributed by atoms with E-state index in [1.807, 2.05) is 17.6 Å². The van der Waals surface area contributed by atoms with E-state index in [0.29, 0.717) is 6.04 Å². The number of nitrogens with zero attached hydrogens (tertiary/aromatic N) is 1. The van der Waals surface area contributed by atoms with E-state index in [2.05, 4.69) is 34.7 Å². The van der Waals surface area contributed by atoms with Crippen LogP contribution in [0.1, 0.15) is 47.6 Å². The Hall–Kier alpha value is -1.10. The Morgan fingerprint density at radius 3 is 3.14 bits per heavy atom. The van der Waals surface area contributed by atoms with Crippen LogP contribution in [0.5, 0.6) is 0 Å². The second kappa shape index (κ2) is 5.59. The Labute approximate surface area is 130 Å². The third kappa shape index (κ3) is 2.80. The molecule has 3 nitrogen and oxygen atoms in total. The molecule has 0 aromatic carbocycles. The number of hydrogen-bond acceptors (Lipinski definition) is 4. The first-order chi connectivity index (χ1) is 10.3. The fraction of sp³-hybridized carbons (Fsp3) is 0.529. The standard InChI is InChI=1S/C17H22N2OS/c1-12-15-6-9-21-17(15)4-7-19(12)11-16-13(5-8-20-16)10-18-14-2-3-14/h5-6,8-9,12,14,18H,2-4,7,10-11H2,1H3. The van der Waals surface area contributed by atoms with Crippen molar-refractivity contribution in [2.24, 2.45) is 0 Å². The zero-order chi connectivity index (χ0) is 14.2. The lowest BCUT2D eigenvalue weighted by Crippen LogP contribution is -2.33. The van der Waals surface area contributed by atoms with Crippen molar-refractivity contribution >= 4 is 11.3 Å². The number of rotatable bonds is 5. The van der Waals surface area contributed by atoms with Crippen molar-refractivity contribution in [3.05, 3.63) is 45.5 Å². The topological polar surface area (TPSA) is 28.4 Å². The Balaban J connectivity index is 1.45. The Morgan fingerprint density at radius 1 is 1.38 bits per heavy atom. The average Bonchev–Trinajstić information content (AvgIpc) is 3.01. The highest BCUT2D eigenvalue weighted by molar-refractivity contribution is 7.10.